The molecule has 0 unspecified atom stereocenters. The van der Waals surface area contributed by atoms with E-state index in [0.717, 1.165) is 73.7 Å². The van der Waals surface area contributed by atoms with Gasteiger partial charge in [0.25, 0.3) is 0 Å². The molecule has 4 nitrogen and oxygen atoms in total. The molecule has 1 spiro atoms. The summed E-state index contributed by atoms with van der Waals surface area (Å²) in [4.78, 5) is 9.39. The van der Waals surface area contributed by atoms with Crippen molar-refractivity contribution in [1.29, 1.82) is 0 Å². The first kappa shape index (κ1) is 50.1. The predicted molar refractivity (Wildman–Crippen MR) is 345 cm³/mol. The number of fused-ring (bicyclic) bond motifs is 5. The van der Waals surface area contributed by atoms with Crippen LogP contribution in [0, 0.1) is 0 Å². The maximum Gasteiger partial charge on any atom is 0.0465 e. The third-order valence-electron chi connectivity index (χ3n) is 16.8. The number of benzene rings is 12. The van der Waals surface area contributed by atoms with E-state index >= 15 is 0 Å². The van der Waals surface area contributed by atoms with Crippen LogP contribution in [0.15, 0.2) is 315 Å². The summed E-state index contributed by atoms with van der Waals surface area (Å²) in [6, 6.07) is 114. The number of hydrogen-bond acceptors (Lipinski definition) is 4. The summed E-state index contributed by atoms with van der Waals surface area (Å²) >= 11 is 0. The summed E-state index contributed by atoms with van der Waals surface area (Å²) in [6.07, 6.45) is 6.29. The van der Waals surface area contributed by atoms with Crippen molar-refractivity contribution >= 4 is 68.2 Å². The van der Waals surface area contributed by atoms with Gasteiger partial charge in [-0.3, -0.25) is 0 Å². The van der Waals surface area contributed by atoms with E-state index in [1.165, 1.54) is 71.2 Å². The number of hydrogen-bond donors (Lipinski definition) is 0. The van der Waals surface area contributed by atoms with Gasteiger partial charge in [0.2, 0.25) is 0 Å². The molecule has 0 aromatic heterocycles. The second-order valence-corrected chi connectivity index (χ2v) is 21.6. The second-order valence-electron chi connectivity index (χ2n) is 21.6. The van der Waals surface area contributed by atoms with Crippen molar-refractivity contribution < 1.29 is 0 Å². The summed E-state index contributed by atoms with van der Waals surface area (Å²) in [7, 11) is 0. The zero-order valence-corrected chi connectivity index (χ0v) is 45.8. The summed E-state index contributed by atoms with van der Waals surface area (Å²) in [5, 5.41) is 0. The Balaban J connectivity index is 0.719. The third-order valence-corrected chi connectivity index (χ3v) is 16.8. The van der Waals surface area contributed by atoms with Gasteiger partial charge in [-0.05, 0) is 203 Å². The van der Waals surface area contributed by atoms with Crippen molar-refractivity contribution in [1.82, 2.24) is 0 Å². The molecule has 0 N–H and O–H groups in total. The first-order valence-corrected chi connectivity index (χ1v) is 28.9. The SMILES string of the molecule is c1ccc(N(c2ccc(-c3ccc(N(c4ccccc4)c4ccc(N(c5ccccc5)c5ccccc5)cc4)cc3)cc2)c2ccc(-c3ccc(N(c4ccccc4)c4ccc5c(c4)C4(CCCCC4)c4ccccc4-5)cc3)cc2)cc1. The molecular weight excluding hydrogens is 993 g/mol. The summed E-state index contributed by atoms with van der Waals surface area (Å²) in [6.45, 7) is 0. The lowest BCUT2D eigenvalue weighted by Gasteiger charge is -2.36. The Kier molecular flexibility index (Phi) is 13.5. The van der Waals surface area contributed by atoms with Gasteiger partial charge in [-0.25, -0.2) is 0 Å². The third kappa shape index (κ3) is 9.58. The lowest BCUT2D eigenvalue weighted by atomic mass is 9.68. The van der Waals surface area contributed by atoms with Gasteiger partial charge in [0.15, 0.2) is 0 Å². The highest BCUT2D eigenvalue weighted by Gasteiger charge is 2.44. The van der Waals surface area contributed by atoms with Gasteiger partial charge in [0.1, 0.15) is 0 Å². The molecule has 0 heterocycles. The van der Waals surface area contributed by atoms with Crippen molar-refractivity contribution in [2.75, 3.05) is 19.6 Å². The molecule has 1 saturated carbocycles. The topological polar surface area (TPSA) is 13.0 Å². The zero-order chi connectivity index (χ0) is 54.7. The Morgan fingerprint density at radius 2 is 0.439 bits per heavy atom. The lowest BCUT2D eigenvalue weighted by Crippen LogP contribution is -2.28. The molecule has 12 aromatic rings. The fraction of sp³-hybridized carbons (Fsp3) is 0.0769. The van der Waals surface area contributed by atoms with Crippen LogP contribution in [0.4, 0.5) is 68.2 Å². The number of anilines is 12. The van der Waals surface area contributed by atoms with Crippen LogP contribution < -0.4 is 19.6 Å². The monoisotopic (exact) mass is 1050 g/mol. The molecule has 14 rings (SSSR count). The van der Waals surface area contributed by atoms with Crippen LogP contribution in [0.3, 0.4) is 0 Å². The molecule has 2 aliphatic rings. The Labute approximate surface area is 482 Å². The van der Waals surface area contributed by atoms with Crippen LogP contribution in [0.2, 0.25) is 0 Å². The first-order valence-electron chi connectivity index (χ1n) is 28.9. The van der Waals surface area contributed by atoms with Crippen molar-refractivity contribution in [3.8, 4) is 33.4 Å². The second kappa shape index (κ2) is 22.2. The van der Waals surface area contributed by atoms with Crippen LogP contribution in [-0.2, 0) is 5.41 Å². The van der Waals surface area contributed by atoms with Gasteiger partial charge in [0.05, 0.1) is 0 Å². The average molecular weight is 1060 g/mol. The Hall–Kier alpha value is -10.2. The van der Waals surface area contributed by atoms with E-state index in [1.54, 1.807) is 0 Å². The molecule has 0 radical (unpaired) electrons. The van der Waals surface area contributed by atoms with Crippen molar-refractivity contribution in [2.45, 2.75) is 37.5 Å². The van der Waals surface area contributed by atoms with Crippen LogP contribution in [0.25, 0.3) is 33.4 Å². The first-order chi connectivity index (χ1) is 40.6. The molecule has 2 aliphatic carbocycles. The molecule has 1 fully saturated rings. The molecule has 0 atom stereocenters. The summed E-state index contributed by atoms with van der Waals surface area (Å²) in [5.41, 5.74) is 23.9. The molecule has 4 heteroatoms. The van der Waals surface area contributed by atoms with Crippen molar-refractivity contribution in [3.63, 3.8) is 0 Å². The molecule has 0 aliphatic heterocycles. The van der Waals surface area contributed by atoms with Gasteiger partial charge in [-0.15, -0.1) is 0 Å². The van der Waals surface area contributed by atoms with Crippen LogP contribution in [-0.4, -0.2) is 0 Å². The quantitative estimate of drug-likeness (QED) is 0.108. The minimum Gasteiger partial charge on any atom is -0.311 e. The fourth-order valence-electron chi connectivity index (χ4n) is 12.9. The van der Waals surface area contributed by atoms with Crippen LogP contribution in [0.1, 0.15) is 43.2 Å². The van der Waals surface area contributed by atoms with Crippen molar-refractivity contribution in [3.05, 3.63) is 327 Å². The van der Waals surface area contributed by atoms with Crippen LogP contribution in [0.5, 0.6) is 0 Å². The largest absolute Gasteiger partial charge is 0.311 e. The Bertz CT molecular complexity index is 4030. The highest BCUT2D eigenvalue weighted by atomic mass is 15.2. The highest BCUT2D eigenvalue weighted by molar-refractivity contribution is 5.88. The van der Waals surface area contributed by atoms with E-state index in [1.807, 2.05) is 0 Å². The normalized spacial score (nSPS) is 13.0. The minimum absolute atomic E-state index is 0.0885. The molecule has 0 amide bonds. The maximum absolute atomic E-state index is 2.51. The maximum atomic E-state index is 2.51. The van der Waals surface area contributed by atoms with Gasteiger partial charge < -0.3 is 19.6 Å². The van der Waals surface area contributed by atoms with E-state index < -0.39 is 0 Å². The minimum atomic E-state index is 0.0885. The van der Waals surface area contributed by atoms with E-state index in [0.29, 0.717) is 0 Å². The van der Waals surface area contributed by atoms with Gasteiger partial charge in [-0.1, -0.05) is 189 Å². The molecule has 12 aromatic carbocycles. The van der Waals surface area contributed by atoms with E-state index in [4.69, 9.17) is 0 Å². The number of nitrogens with zero attached hydrogens (tertiary/aromatic N) is 4. The van der Waals surface area contributed by atoms with E-state index in [9.17, 15) is 0 Å². The lowest BCUT2D eigenvalue weighted by molar-refractivity contribution is 0.353. The van der Waals surface area contributed by atoms with E-state index in [2.05, 4.69) is 335 Å². The molecule has 394 valence electrons. The summed E-state index contributed by atoms with van der Waals surface area (Å²) < 4.78 is 0. The zero-order valence-electron chi connectivity index (χ0n) is 45.8. The highest BCUT2D eigenvalue weighted by Crippen LogP contribution is 2.57. The Morgan fingerprint density at radius 3 is 0.768 bits per heavy atom. The smallest absolute Gasteiger partial charge is 0.0465 e. The molecular formula is C78H62N4. The van der Waals surface area contributed by atoms with E-state index in [-0.39, 0.29) is 5.41 Å². The van der Waals surface area contributed by atoms with Gasteiger partial charge in [0, 0.05) is 73.7 Å². The van der Waals surface area contributed by atoms with Gasteiger partial charge >= 0.3 is 0 Å². The van der Waals surface area contributed by atoms with Gasteiger partial charge in [-0.2, -0.15) is 0 Å². The van der Waals surface area contributed by atoms with Crippen LogP contribution >= 0.6 is 0 Å². The Morgan fingerprint density at radius 1 is 0.195 bits per heavy atom. The predicted octanol–water partition coefficient (Wildman–Crippen LogP) is 22.1. The molecule has 82 heavy (non-hydrogen) atoms. The molecule has 0 bridgehead atoms. The fourth-order valence-corrected chi connectivity index (χ4v) is 12.9. The average Bonchev–Trinajstić information content (AvgIpc) is 4.04. The number of para-hydroxylation sites is 5. The number of rotatable bonds is 14. The summed E-state index contributed by atoms with van der Waals surface area (Å²) in [5.74, 6) is 0. The van der Waals surface area contributed by atoms with Crippen molar-refractivity contribution in [2.24, 2.45) is 0 Å². The standard InChI is InChI=1S/C78H62N4/c1-7-21-62(22-8-1)79(63-23-9-2-10-24-63)71-49-51-72(52-50-71)81(65-27-13-4-14-28-65)69-45-37-59(38-46-69)58-33-41-67(42-34-58)80(64-25-11-3-12-26-64)68-43-35-60(36-44-68)61-39-47-70(48-40-61)82(66-29-15-5-16-30-66)73-53-54-75-74-31-17-18-32-76(74)78(77(75)57-73)55-19-6-20-56-78/h1-5,7-18,21-54,57H,6,19-20,55-56H2. The molecule has 0 saturated heterocycles.